The Morgan fingerprint density at radius 3 is 2.78 bits per heavy atom. The maximum atomic E-state index is 13.2. The van der Waals surface area contributed by atoms with Gasteiger partial charge in [0.2, 0.25) is 0 Å². The SMILES string of the molecule is N=C(N)C1(c2cnc3ccccc3c2)C(=O)C=CC=C1CCCCCN1CCC(O)CC1. The minimum Gasteiger partial charge on any atom is -0.393 e. The van der Waals surface area contributed by atoms with Gasteiger partial charge in [0.25, 0.3) is 0 Å². The summed E-state index contributed by atoms with van der Waals surface area (Å²) in [7, 11) is 0. The predicted octanol–water partition coefficient (Wildman–Crippen LogP) is 3.49. The molecule has 1 aromatic carbocycles. The number of aromatic nitrogens is 1. The van der Waals surface area contributed by atoms with Gasteiger partial charge in [0, 0.05) is 24.7 Å². The number of hydrogen-bond acceptors (Lipinski definition) is 5. The van der Waals surface area contributed by atoms with Crippen LogP contribution in [0, 0.1) is 5.41 Å². The molecule has 1 unspecified atom stereocenters. The highest BCUT2D eigenvalue weighted by atomic mass is 16.3. The first-order valence-corrected chi connectivity index (χ1v) is 11.5. The van der Waals surface area contributed by atoms with Gasteiger partial charge in [-0.3, -0.25) is 15.2 Å². The molecule has 1 aromatic heterocycles. The molecule has 1 aliphatic heterocycles. The fourth-order valence-electron chi connectivity index (χ4n) is 4.97. The summed E-state index contributed by atoms with van der Waals surface area (Å²) in [6.45, 7) is 2.97. The van der Waals surface area contributed by atoms with Crippen molar-refractivity contribution in [3.63, 3.8) is 0 Å². The number of hydrogen-bond donors (Lipinski definition) is 3. The summed E-state index contributed by atoms with van der Waals surface area (Å²) in [5.41, 5.74) is 7.25. The maximum Gasteiger partial charge on any atom is 0.177 e. The number of aliphatic hydroxyl groups is 1. The number of nitrogens with zero attached hydrogens (tertiary/aromatic N) is 2. The third kappa shape index (κ3) is 4.38. The number of allylic oxidation sites excluding steroid dienone is 3. The van der Waals surface area contributed by atoms with Crippen LogP contribution in [-0.4, -0.2) is 52.3 Å². The zero-order chi connectivity index (χ0) is 22.6. The molecule has 0 bridgehead atoms. The molecule has 6 nitrogen and oxygen atoms in total. The molecule has 6 heteroatoms. The zero-order valence-electron chi connectivity index (χ0n) is 18.5. The molecule has 0 spiro atoms. The number of nitrogens with two attached hydrogens (primary N) is 1. The number of piperidine rings is 1. The van der Waals surface area contributed by atoms with Gasteiger partial charge in [0.15, 0.2) is 5.78 Å². The maximum absolute atomic E-state index is 13.2. The van der Waals surface area contributed by atoms with E-state index in [9.17, 15) is 9.90 Å². The van der Waals surface area contributed by atoms with Crippen molar-refractivity contribution in [3.05, 3.63) is 65.9 Å². The molecule has 2 aliphatic rings. The van der Waals surface area contributed by atoms with Crippen LogP contribution in [0.4, 0.5) is 0 Å². The molecule has 1 atom stereocenters. The number of nitrogens with one attached hydrogen (secondary N) is 1. The van der Waals surface area contributed by atoms with Gasteiger partial charge in [-0.1, -0.05) is 36.8 Å². The summed E-state index contributed by atoms with van der Waals surface area (Å²) in [5.74, 6) is -0.325. The first-order chi connectivity index (χ1) is 15.5. The van der Waals surface area contributed by atoms with Crippen molar-refractivity contribution in [1.82, 2.24) is 9.88 Å². The molecule has 4 N–H and O–H groups in total. The Bertz CT molecular complexity index is 1050. The minimum atomic E-state index is -1.27. The van der Waals surface area contributed by atoms with Gasteiger partial charge in [0.1, 0.15) is 11.3 Å². The Kier molecular flexibility index (Phi) is 6.82. The number of rotatable bonds is 8. The molecule has 1 fully saturated rings. The van der Waals surface area contributed by atoms with Gasteiger partial charge in [-0.2, -0.15) is 0 Å². The summed E-state index contributed by atoms with van der Waals surface area (Å²) in [6, 6.07) is 9.71. The average molecular weight is 433 g/mol. The lowest BCUT2D eigenvalue weighted by atomic mass is 9.66. The van der Waals surface area contributed by atoms with E-state index in [4.69, 9.17) is 11.1 Å². The van der Waals surface area contributed by atoms with Crippen molar-refractivity contribution in [1.29, 1.82) is 5.41 Å². The molecule has 1 aliphatic carbocycles. The van der Waals surface area contributed by atoms with E-state index in [-0.39, 0.29) is 17.7 Å². The molecule has 0 radical (unpaired) electrons. The lowest BCUT2D eigenvalue weighted by Crippen LogP contribution is -2.49. The number of benzene rings is 1. The molecule has 1 saturated heterocycles. The second-order valence-electron chi connectivity index (χ2n) is 8.88. The van der Waals surface area contributed by atoms with Crippen molar-refractivity contribution >= 4 is 22.5 Å². The number of unbranched alkanes of at least 4 members (excludes halogenated alkanes) is 2. The van der Waals surface area contributed by atoms with Gasteiger partial charge in [-0.25, -0.2) is 0 Å². The molecular formula is C26H32N4O2. The third-order valence-electron chi connectivity index (χ3n) is 6.80. The van der Waals surface area contributed by atoms with Crippen LogP contribution in [0.1, 0.15) is 44.1 Å². The highest BCUT2D eigenvalue weighted by Gasteiger charge is 2.46. The highest BCUT2D eigenvalue weighted by Crippen LogP contribution is 2.39. The van der Waals surface area contributed by atoms with E-state index in [2.05, 4.69) is 9.88 Å². The molecule has 0 saturated carbocycles. The normalized spacial score (nSPS) is 22.3. The smallest absolute Gasteiger partial charge is 0.177 e. The second-order valence-corrected chi connectivity index (χ2v) is 8.88. The quantitative estimate of drug-likeness (QED) is 0.337. The van der Waals surface area contributed by atoms with Crippen LogP contribution < -0.4 is 5.73 Å². The monoisotopic (exact) mass is 432 g/mol. The van der Waals surface area contributed by atoms with E-state index in [1.807, 2.05) is 36.4 Å². The van der Waals surface area contributed by atoms with Crippen molar-refractivity contribution in [2.45, 2.75) is 50.0 Å². The summed E-state index contributed by atoms with van der Waals surface area (Å²) in [5, 5.41) is 19.0. The lowest BCUT2D eigenvalue weighted by molar-refractivity contribution is -0.117. The number of aliphatic hydroxyl groups excluding tert-OH is 1. The molecule has 0 amide bonds. The van der Waals surface area contributed by atoms with Crippen LogP contribution >= 0.6 is 0 Å². The Labute approximate surface area is 189 Å². The van der Waals surface area contributed by atoms with E-state index in [1.54, 1.807) is 12.3 Å². The van der Waals surface area contributed by atoms with Crippen molar-refractivity contribution in [2.75, 3.05) is 19.6 Å². The summed E-state index contributed by atoms with van der Waals surface area (Å²) < 4.78 is 0. The summed E-state index contributed by atoms with van der Waals surface area (Å²) in [4.78, 5) is 20.2. The van der Waals surface area contributed by atoms with Crippen LogP contribution in [0.2, 0.25) is 0 Å². The van der Waals surface area contributed by atoms with Crippen molar-refractivity contribution < 1.29 is 9.90 Å². The number of fused-ring (bicyclic) bond motifs is 1. The molecular weight excluding hydrogens is 400 g/mol. The number of carbonyl (C=O) groups is 1. The zero-order valence-corrected chi connectivity index (χ0v) is 18.5. The van der Waals surface area contributed by atoms with Gasteiger partial charge in [0.05, 0.1) is 11.6 Å². The molecule has 2 aromatic rings. The summed E-state index contributed by atoms with van der Waals surface area (Å²) in [6.07, 6.45) is 12.3. The van der Waals surface area contributed by atoms with E-state index in [0.717, 1.165) is 68.2 Å². The third-order valence-corrected chi connectivity index (χ3v) is 6.80. The van der Waals surface area contributed by atoms with E-state index in [1.165, 1.54) is 6.08 Å². The molecule has 2 heterocycles. The number of carbonyl (C=O) groups excluding carboxylic acids is 1. The number of para-hydroxylation sites is 1. The van der Waals surface area contributed by atoms with E-state index < -0.39 is 5.41 Å². The topological polar surface area (TPSA) is 103 Å². The fraction of sp³-hybridized carbons (Fsp3) is 0.423. The first-order valence-electron chi connectivity index (χ1n) is 11.5. The molecule has 4 rings (SSSR count). The Hall–Kier alpha value is -2.83. The van der Waals surface area contributed by atoms with Gasteiger partial charge < -0.3 is 15.7 Å². The summed E-state index contributed by atoms with van der Waals surface area (Å²) >= 11 is 0. The average Bonchev–Trinajstić information content (AvgIpc) is 2.80. The Morgan fingerprint density at radius 1 is 1.22 bits per heavy atom. The van der Waals surface area contributed by atoms with E-state index >= 15 is 0 Å². The van der Waals surface area contributed by atoms with E-state index in [0.29, 0.717) is 12.0 Å². The highest BCUT2D eigenvalue weighted by molar-refractivity contribution is 6.20. The number of amidine groups is 1. The number of likely N-dealkylation sites (tertiary alicyclic amines) is 1. The van der Waals surface area contributed by atoms with Crippen LogP contribution in [0.5, 0.6) is 0 Å². The first kappa shape index (κ1) is 22.4. The molecule has 32 heavy (non-hydrogen) atoms. The second kappa shape index (κ2) is 9.76. The van der Waals surface area contributed by atoms with Crippen LogP contribution in [0.15, 0.2) is 60.3 Å². The van der Waals surface area contributed by atoms with Gasteiger partial charge >= 0.3 is 0 Å². The van der Waals surface area contributed by atoms with Crippen molar-refractivity contribution in [2.24, 2.45) is 5.73 Å². The van der Waals surface area contributed by atoms with Gasteiger partial charge in [-0.05, 0) is 68.0 Å². The fourth-order valence-corrected chi connectivity index (χ4v) is 4.97. The Balaban J connectivity index is 1.48. The van der Waals surface area contributed by atoms with Crippen molar-refractivity contribution in [3.8, 4) is 0 Å². The Morgan fingerprint density at radius 2 is 2.00 bits per heavy atom. The van der Waals surface area contributed by atoms with Crippen LogP contribution in [0.25, 0.3) is 10.9 Å². The largest absolute Gasteiger partial charge is 0.393 e. The number of ketones is 1. The lowest BCUT2D eigenvalue weighted by Gasteiger charge is -2.35. The number of pyridine rings is 1. The minimum absolute atomic E-state index is 0.139. The van der Waals surface area contributed by atoms with Gasteiger partial charge in [-0.15, -0.1) is 0 Å². The molecule has 168 valence electrons. The predicted molar refractivity (Wildman–Crippen MR) is 128 cm³/mol. The van der Waals surface area contributed by atoms with Crippen LogP contribution in [-0.2, 0) is 10.2 Å². The van der Waals surface area contributed by atoms with Crippen LogP contribution in [0.3, 0.4) is 0 Å². The standard InChI is InChI=1S/C26H32N4O2/c27-25(28)26(21-17-19-7-3-4-10-23(19)29-18-21)20(9-6-11-24(26)32)8-2-1-5-14-30-15-12-22(31)13-16-30/h3-4,6-7,9-11,17-18,22,31H,1-2,5,8,12-16H2,(H3,27,28).